The van der Waals surface area contributed by atoms with E-state index in [9.17, 15) is 4.39 Å². The molecule has 4 nitrogen and oxygen atoms in total. The highest BCUT2D eigenvalue weighted by molar-refractivity contribution is 7.80. The molecule has 5 rings (SSSR count). The van der Waals surface area contributed by atoms with Crippen molar-refractivity contribution in [1.29, 1.82) is 0 Å². The molecule has 160 valence electrons. The zero-order valence-electron chi connectivity index (χ0n) is 17.9. The van der Waals surface area contributed by atoms with Gasteiger partial charge in [-0.15, -0.1) is 0 Å². The fraction of sp³-hybridized carbons (Fsp3) is 0.154. The first-order chi connectivity index (χ1) is 15.5. The molecular formula is C26H23FN4S. The maximum absolute atomic E-state index is 13.6. The zero-order chi connectivity index (χ0) is 22.2. The van der Waals surface area contributed by atoms with Crippen LogP contribution in [-0.4, -0.2) is 14.7 Å². The standard InChI is InChI=1S/C26H23FN4S/c1-17-14-18(2)16-21(15-17)31-25(24(29-26(31)32)22-6-3-4-12-28-22)23-7-5-13-30(23)20-10-8-19(27)9-11-20/h3-16,24-25H,1-2H3,(H,29,32)/t24-,25+/m1/s1. The third-order valence-corrected chi connectivity index (χ3v) is 6.09. The molecule has 0 spiro atoms. The van der Waals surface area contributed by atoms with Crippen LogP contribution in [0.4, 0.5) is 10.1 Å². The predicted molar refractivity (Wildman–Crippen MR) is 130 cm³/mol. The first-order valence-corrected chi connectivity index (χ1v) is 10.9. The van der Waals surface area contributed by atoms with Gasteiger partial charge in [0.05, 0.1) is 11.7 Å². The van der Waals surface area contributed by atoms with E-state index in [1.54, 1.807) is 18.3 Å². The average Bonchev–Trinajstić information content (AvgIpc) is 3.38. The Morgan fingerprint density at radius 3 is 2.34 bits per heavy atom. The summed E-state index contributed by atoms with van der Waals surface area (Å²) >= 11 is 5.84. The van der Waals surface area contributed by atoms with E-state index in [0.717, 1.165) is 22.8 Å². The molecule has 0 aliphatic carbocycles. The van der Waals surface area contributed by atoms with Gasteiger partial charge in [0.25, 0.3) is 0 Å². The van der Waals surface area contributed by atoms with Crippen LogP contribution in [0.15, 0.2) is 85.2 Å². The number of thiocarbonyl (C=S) groups is 1. The van der Waals surface area contributed by atoms with Crippen LogP contribution < -0.4 is 10.2 Å². The topological polar surface area (TPSA) is 33.1 Å². The second-order valence-corrected chi connectivity index (χ2v) is 8.51. The normalized spacial score (nSPS) is 18.1. The van der Waals surface area contributed by atoms with Crippen LogP contribution in [0, 0.1) is 19.7 Å². The highest BCUT2D eigenvalue weighted by atomic mass is 32.1. The molecule has 0 bridgehead atoms. The summed E-state index contributed by atoms with van der Waals surface area (Å²) in [5.74, 6) is -0.255. The van der Waals surface area contributed by atoms with E-state index in [2.05, 4.69) is 57.9 Å². The fourth-order valence-electron chi connectivity index (χ4n) is 4.50. The Morgan fingerprint density at radius 1 is 0.906 bits per heavy atom. The molecule has 0 amide bonds. The zero-order valence-corrected chi connectivity index (χ0v) is 18.7. The number of rotatable bonds is 4. The molecule has 1 fully saturated rings. The molecule has 6 heteroatoms. The predicted octanol–water partition coefficient (Wildman–Crippen LogP) is 5.81. The minimum atomic E-state index is -0.255. The van der Waals surface area contributed by atoms with Gasteiger partial charge in [0.1, 0.15) is 11.9 Å². The average molecular weight is 443 g/mol. The fourth-order valence-corrected chi connectivity index (χ4v) is 4.84. The summed E-state index contributed by atoms with van der Waals surface area (Å²) in [6.45, 7) is 4.19. The SMILES string of the molecule is Cc1cc(C)cc(N2C(=S)N[C@H](c3ccccn3)[C@@H]2c2cccn2-c2ccc(F)cc2)c1. The molecule has 3 heterocycles. The molecule has 1 N–H and O–H groups in total. The monoisotopic (exact) mass is 442 g/mol. The summed E-state index contributed by atoms with van der Waals surface area (Å²) in [6.07, 6.45) is 3.80. The van der Waals surface area contributed by atoms with Crippen LogP contribution in [-0.2, 0) is 0 Å². The van der Waals surface area contributed by atoms with E-state index in [1.807, 2.05) is 30.5 Å². The summed E-state index contributed by atoms with van der Waals surface area (Å²) in [4.78, 5) is 6.80. The van der Waals surface area contributed by atoms with Gasteiger partial charge in [-0.2, -0.15) is 0 Å². The highest BCUT2D eigenvalue weighted by Crippen LogP contribution is 2.42. The van der Waals surface area contributed by atoms with E-state index >= 15 is 0 Å². The molecule has 1 aliphatic rings. The van der Waals surface area contributed by atoms with E-state index in [4.69, 9.17) is 12.2 Å². The highest BCUT2D eigenvalue weighted by Gasteiger charge is 2.42. The Kier molecular flexibility index (Phi) is 5.23. The van der Waals surface area contributed by atoms with Crippen molar-refractivity contribution in [2.75, 3.05) is 4.90 Å². The van der Waals surface area contributed by atoms with Crippen LogP contribution in [0.3, 0.4) is 0 Å². The van der Waals surface area contributed by atoms with Gasteiger partial charge in [-0.25, -0.2) is 4.39 Å². The maximum Gasteiger partial charge on any atom is 0.174 e. The van der Waals surface area contributed by atoms with Gasteiger partial charge in [-0.05, 0) is 97.9 Å². The number of nitrogens with zero attached hydrogens (tertiary/aromatic N) is 3. The molecule has 0 saturated carbocycles. The van der Waals surface area contributed by atoms with Crippen molar-refractivity contribution in [2.45, 2.75) is 25.9 Å². The summed E-state index contributed by atoms with van der Waals surface area (Å²) in [7, 11) is 0. The van der Waals surface area contributed by atoms with Gasteiger partial charge in [0, 0.05) is 29.5 Å². The molecule has 0 unspecified atom stereocenters. The lowest BCUT2D eigenvalue weighted by atomic mass is 10.00. The third kappa shape index (κ3) is 3.67. The second-order valence-electron chi connectivity index (χ2n) is 8.12. The molecule has 4 aromatic rings. The van der Waals surface area contributed by atoms with Gasteiger partial charge < -0.3 is 14.8 Å². The molecule has 0 radical (unpaired) electrons. The quantitative estimate of drug-likeness (QED) is 0.405. The number of nitrogens with one attached hydrogen (secondary N) is 1. The number of pyridine rings is 1. The van der Waals surface area contributed by atoms with Crippen LogP contribution in [0.1, 0.15) is 34.6 Å². The number of anilines is 1. The maximum atomic E-state index is 13.6. The third-order valence-electron chi connectivity index (χ3n) is 5.77. The summed E-state index contributed by atoms with van der Waals surface area (Å²) < 4.78 is 15.7. The Hall–Kier alpha value is -3.51. The summed E-state index contributed by atoms with van der Waals surface area (Å²) in [6, 6.07) is 22.7. The lowest BCUT2D eigenvalue weighted by Gasteiger charge is -2.29. The number of hydrogen-bond donors (Lipinski definition) is 1. The van der Waals surface area contributed by atoms with Crippen molar-refractivity contribution in [3.05, 3.63) is 114 Å². The van der Waals surface area contributed by atoms with Gasteiger partial charge in [0.2, 0.25) is 0 Å². The Labute approximate surface area is 192 Å². The number of halogens is 1. The minimum absolute atomic E-state index is 0.140. The van der Waals surface area contributed by atoms with Crippen LogP contribution in [0.5, 0.6) is 0 Å². The van der Waals surface area contributed by atoms with Crippen molar-refractivity contribution in [3.8, 4) is 5.69 Å². The lowest BCUT2D eigenvalue weighted by Crippen LogP contribution is -2.30. The van der Waals surface area contributed by atoms with Gasteiger partial charge in [-0.3, -0.25) is 4.98 Å². The molecule has 1 aliphatic heterocycles. The van der Waals surface area contributed by atoms with E-state index in [1.165, 1.54) is 23.3 Å². The number of benzene rings is 2. The molecule has 2 atom stereocenters. The molecular weight excluding hydrogens is 419 g/mol. The van der Waals surface area contributed by atoms with Crippen molar-refractivity contribution in [1.82, 2.24) is 14.9 Å². The Balaban J connectivity index is 1.68. The number of hydrogen-bond acceptors (Lipinski definition) is 2. The van der Waals surface area contributed by atoms with E-state index in [0.29, 0.717) is 5.11 Å². The Bertz CT molecular complexity index is 1250. The smallest absolute Gasteiger partial charge is 0.174 e. The van der Waals surface area contributed by atoms with Crippen molar-refractivity contribution in [3.63, 3.8) is 0 Å². The molecule has 2 aromatic carbocycles. The largest absolute Gasteiger partial charge is 0.351 e. The van der Waals surface area contributed by atoms with Gasteiger partial charge in [-0.1, -0.05) is 12.1 Å². The van der Waals surface area contributed by atoms with Crippen molar-refractivity contribution < 1.29 is 4.39 Å². The van der Waals surface area contributed by atoms with Crippen molar-refractivity contribution >= 4 is 23.0 Å². The van der Waals surface area contributed by atoms with Crippen LogP contribution >= 0.6 is 12.2 Å². The molecule has 32 heavy (non-hydrogen) atoms. The lowest BCUT2D eigenvalue weighted by molar-refractivity contribution is 0.549. The van der Waals surface area contributed by atoms with Crippen LogP contribution in [0.25, 0.3) is 5.69 Å². The summed E-state index contributed by atoms with van der Waals surface area (Å²) in [5, 5.41) is 4.16. The van der Waals surface area contributed by atoms with Gasteiger partial charge in [0.15, 0.2) is 5.11 Å². The Morgan fingerprint density at radius 2 is 1.66 bits per heavy atom. The van der Waals surface area contributed by atoms with Crippen LogP contribution in [0.2, 0.25) is 0 Å². The first kappa shape index (κ1) is 20.4. The second kappa shape index (κ2) is 8.20. The van der Waals surface area contributed by atoms with Gasteiger partial charge >= 0.3 is 0 Å². The number of aromatic nitrogens is 2. The minimum Gasteiger partial charge on any atom is -0.351 e. The summed E-state index contributed by atoms with van der Waals surface area (Å²) in [5.41, 5.74) is 6.24. The van der Waals surface area contributed by atoms with Crippen molar-refractivity contribution in [2.24, 2.45) is 0 Å². The molecule has 1 saturated heterocycles. The first-order valence-electron chi connectivity index (χ1n) is 10.5. The molecule has 2 aromatic heterocycles. The van der Waals surface area contributed by atoms with E-state index in [-0.39, 0.29) is 17.9 Å². The van der Waals surface area contributed by atoms with E-state index < -0.39 is 0 Å². The number of aryl methyl sites for hydroxylation is 2.